The molecule has 1 aromatic rings. The van der Waals surface area contributed by atoms with Crippen molar-refractivity contribution in [3.8, 4) is 0 Å². The minimum Gasteiger partial charge on any atom is -0.327 e. The van der Waals surface area contributed by atoms with Crippen LogP contribution in [0.25, 0.3) is 0 Å². The van der Waals surface area contributed by atoms with Crippen LogP contribution in [0.4, 0.5) is 4.39 Å². The van der Waals surface area contributed by atoms with Gasteiger partial charge >= 0.3 is 0 Å². The number of hydrogen-bond acceptors (Lipinski definition) is 3. The minimum absolute atomic E-state index is 0. The van der Waals surface area contributed by atoms with Gasteiger partial charge in [-0.2, -0.15) is 17.0 Å². The second kappa shape index (κ2) is 7.85. The number of piperidine rings is 1. The number of hydrogen-bond donors (Lipinski definition) is 1. The number of benzene rings is 1. The molecule has 0 spiro atoms. The van der Waals surface area contributed by atoms with E-state index in [1.54, 1.807) is 6.07 Å². The number of nitrogens with zero attached hydrogens (tertiary/aromatic N) is 2. The van der Waals surface area contributed by atoms with Crippen LogP contribution in [0, 0.1) is 11.2 Å². The van der Waals surface area contributed by atoms with Crippen LogP contribution in [0.5, 0.6) is 0 Å². The zero-order chi connectivity index (χ0) is 17.4. The molecular formula is C15H24Cl2FN3O2S. The summed E-state index contributed by atoms with van der Waals surface area (Å²) in [7, 11) is -2.27. The summed E-state index contributed by atoms with van der Waals surface area (Å²) < 4.78 is 41.9. The van der Waals surface area contributed by atoms with E-state index in [2.05, 4.69) is 0 Å². The van der Waals surface area contributed by atoms with Gasteiger partial charge in [-0.05, 0) is 24.0 Å². The molecule has 1 fully saturated rings. The highest BCUT2D eigenvalue weighted by atomic mass is 35.5. The van der Waals surface area contributed by atoms with Crippen LogP contribution in [-0.4, -0.2) is 43.2 Å². The van der Waals surface area contributed by atoms with Crippen LogP contribution in [0.1, 0.15) is 25.8 Å². The van der Waals surface area contributed by atoms with E-state index in [0.717, 1.165) is 4.31 Å². The topological polar surface area (TPSA) is 66.6 Å². The summed E-state index contributed by atoms with van der Waals surface area (Å²) in [6.07, 6.45) is 0.598. The summed E-state index contributed by atoms with van der Waals surface area (Å²) >= 11 is 5.98. The molecule has 0 radical (unpaired) electrons. The first kappa shape index (κ1) is 21.6. The summed E-state index contributed by atoms with van der Waals surface area (Å²) in [4.78, 5) is 0. The van der Waals surface area contributed by atoms with E-state index in [4.69, 9.17) is 17.3 Å². The lowest BCUT2D eigenvalue weighted by molar-refractivity contribution is 0.149. The van der Waals surface area contributed by atoms with E-state index in [1.165, 1.54) is 23.5 Å². The second-order valence-corrected chi connectivity index (χ2v) is 9.12. The standard InChI is InChI=1S/C15H23ClFN3O2S.ClH/c1-15(2)10-20(8-7-14(15)18)23(21,22)19(3)9-11-12(16)5-4-6-13(11)17;/h4-6,14H,7-10,18H2,1-3H3;1H. The molecule has 1 saturated heterocycles. The van der Waals surface area contributed by atoms with Crippen molar-refractivity contribution in [2.75, 3.05) is 20.1 Å². The fourth-order valence-electron chi connectivity index (χ4n) is 2.71. The maximum atomic E-state index is 13.9. The van der Waals surface area contributed by atoms with Crippen LogP contribution >= 0.6 is 24.0 Å². The van der Waals surface area contributed by atoms with Crippen molar-refractivity contribution in [2.45, 2.75) is 32.9 Å². The third-order valence-electron chi connectivity index (χ3n) is 4.44. The lowest BCUT2D eigenvalue weighted by atomic mass is 9.81. The molecule has 0 saturated carbocycles. The Balaban J connectivity index is 0.00000288. The Bertz CT molecular complexity index is 665. The zero-order valence-corrected chi connectivity index (χ0v) is 16.4. The van der Waals surface area contributed by atoms with Gasteiger partial charge in [0.25, 0.3) is 10.2 Å². The Hall–Kier alpha value is -0.440. The van der Waals surface area contributed by atoms with Gasteiger partial charge in [0.05, 0.1) is 0 Å². The Morgan fingerprint density at radius 2 is 2.08 bits per heavy atom. The predicted molar refractivity (Wildman–Crippen MR) is 97.0 cm³/mol. The first-order chi connectivity index (χ1) is 10.6. The molecule has 1 heterocycles. The highest BCUT2D eigenvalue weighted by Crippen LogP contribution is 2.30. The normalized spacial score (nSPS) is 21.5. The maximum Gasteiger partial charge on any atom is 0.282 e. The van der Waals surface area contributed by atoms with Gasteiger partial charge in [-0.15, -0.1) is 12.4 Å². The molecule has 1 aliphatic heterocycles. The maximum absolute atomic E-state index is 13.9. The Morgan fingerprint density at radius 1 is 1.46 bits per heavy atom. The molecule has 138 valence electrons. The highest BCUT2D eigenvalue weighted by molar-refractivity contribution is 7.86. The highest BCUT2D eigenvalue weighted by Gasteiger charge is 2.39. The molecule has 1 unspecified atom stereocenters. The third kappa shape index (κ3) is 4.39. The third-order valence-corrected chi connectivity index (χ3v) is 6.67. The van der Waals surface area contributed by atoms with Crippen LogP contribution < -0.4 is 5.73 Å². The fourth-order valence-corrected chi connectivity index (χ4v) is 4.45. The largest absolute Gasteiger partial charge is 0.327 e. The molecule has 2 N–H and O–H groups in total. The van der Waals surface area contributed by atoms with Crippen LogP contribution in [-0.2, 0) is 16.8 Å². The van der Waals surface area contributed by atoms with Gasteiger partial charge in [-0.3, -0.25) is 0 Å². The molecule has 0 amide bonds. The first-order valence-electron chi connectivity index (χ1n) is 7.45. The molecular weight excluding hydrogens is 376 g/mol. The summed E-state index contributed by atoms with van der Waals surface area (Å²) in [5.74, 6) is -0.513. The molecule has 1 aromatic carbocycles. The van der Waals surface area contributed by atoms with E-state index in [0.29, 0.717) is 19.5 Å². The van der Waals surface area contributed by atoms with Gasteiger partial charge in [0, 0.05) is 43.3 Å². The van der Waals surface area contributed by atoms with Gasteiger partial charge in [-0.25, -0.2) is 4.39 Å². The van der Waals surface area contributed by atoms with Gasteiger partial charge in [0.2, 0.25) is 0 Å². The molecule has 1 aliphatic rings. The lowest BCUT2D eigenvalue weighted by Gasteiger charge is -2.42. The Morgan fingerprint density at radius 3 is 2.62 bits per heavy atom. The SMILES string of the molecule is CN(Cc1c(F)cccc1Cl)S(=O)(=O)N1CCC(N)C(C)(C)C1.Cl. The fraction of sp³-hybridized carbons (Fsp3) is 0.600. The summed E-state index contributed by atoms with van der Waals surface area (Å²) in [5.41, 5.74) is 5.93. The lowest BCUT2D eigenvalue weighted by Crippen LogP contribution is -2.56. The molecule has 0 aromatic heterocycles. The summed E-state index contributed by atoms with van der Waals surface area (Å²) in [6, 6.07) is 4.26. The average molecular weight is 400 g/mol. The number of halogens is 3. The Kier molecular flexibility index (Phi) is 7.06. The van der Waals surface area contributed by atoms with E-state index < -0.39 is 16.0 Å². The van der Waals surface area contributed by atoms with Crippen molar-refractivity contribution >= 4 is 34.2 Å². The smallest absolute Gasteiger partial charge is 0.282 e. The van der Waals surface area contributed by atoms with Crippen LogP contribution in [0.15, 0.2) is 18.2 Å². The molecule has 2 rings (SSSR count). The van der Waals surface area contributed by atoms with Crippen molar-refractivity contribution < 1.29 is 12.8 Å². The predicted octanol–water partition coefficient (Wildman–Crippen LogP) is 2.64. The van der Waals surface area contributed by atoms with Crippen molar-refractivity contribution in [3.05, 3.63) is 34.6 Å². The monoisotopic (exact) mass is 399 g/mol. The van der Waals surface area contributed by atoms with E-state index in [-0.39, 0.29) is 41.0 Å². The summed E-state index contributed by atoms with van der Waals surface area (Å²) in [6.45, 7) is 4.49. The number of rotatable bonds is 4. The molecule has 5 nitrogen and oxygen atoms in total. The minimum atomic E-state index is -3.70. The van der Waals surface area contributed by atoms with Crippen LogP contribution in [0.2, 0.25) is 5.02 Å². The van der Waals surface area contributed by atoms with Gasteiger partial charge in [0.15, 0.2) is 0 Å². The van der Waals surface area contributed by atoms with Crippen molar-refractivity contribution in [1.82, 2.24) is 8.61 Å². The van der Waals surface area contributed by atoms with Crippen molar-refractivity contribution in [3.63, 3.8) is 0 Å². The molecule has 1 atom stereocenters. The zero-order valence-electron chi connectivity index (χ0n) is 14.0. The van der Waals surface area contributed by atoms with E-state index in [1.807, 2.05) is 13.8 Å². The Labute approximate surface area is 154 Å². The summed E-state index contributed by atoms with van der Waals surface area (Å²) in [5, 5.41) is 0.216. The molecule has 0 bridgehead atoms. The van der Waals surface area contributed by atoms with Crippen LogP contribution in [0.3, 0.4) is 0 Å². The average Bonchev–Trinajstić information content (AvgIpc) is 2.45. The van der Waals surface area contributed by atoms with Crippen molar-refractivity contribution in [1.29, 1.82) is 0 Å². The van der Waals surface area contributed by atoms with E-state index in [9.17, 15) is 12.8 Å². The molecule has 9 heteroatoms. The van der Waals surface area contributed by atoms with E-state index >= 15 is 0 Å². The quantitative estimate of drug-likeness (QED) is 0.845. The van der Waals surface area contributed by atoms with Gasteiger partial charge in [-0.1, -0.05) is 31.5 Å². The molecule has 0 aliphatic carbocycles. The van der Waals surface area contributed by atoms with Gasteiger partial charge in [0.1, 0.15) is 5.82 Å². The van der Waals surface area contributed by atoms with Gasteiger partial charge < -0.3 is 5.73 Å². The molecule has 24 heavy (non-hydrogen) atoms. The second-order valence-electron chi connectivity index (χ2n) is 6.68. The number of nitrogens with two attached hydrogens (primary N) is 1. The first-order valence-corrected chi connectivity index (χ1v) is 9.23. The van der Waals surface area contributed by atoms with Crippen molar-refractivity contribution in [2.24, 2.45) is 11.1 Å².